The molecule has 1 saturated carbocycles. The molecule has 0 N–H and O–H groups in total. The number of benzene rings is 1. The van der Waals surface area contributed by atoms with Crippen molar-refractivity contribution < 1.29 is 4.84 Å². The van der Waals surface area contributed by atoms with Crippen LogP contribution in [0.5, 0.6) is 0 Å². The molecule has 3 heteroatoms. The number of nitrogens with zero attached hydrogens (tertiary/aromatic N) is 2. The SMILES string of the molecule is CCC1C2C(c3ccccc3)N(C)OC23CCCC3N1CC. The summed E-state index contributed by atoms with van der Waals surface area (Å²) in [5, 5.41) is 2.17. The average molecular weight is 300 g/mol. The molecule has 22 heavy (non-hydrogen) atoms. The standard InChI is InChI=1S/C19H28N2O/c1-4-15-17-18(14-10-7-6-8-11-14)20(3)22-19(17)13-9-12-16(19)21(15)5-2/h6-8,10-11,15-18H,4-5,9,12-13H2,1-3H3. The van der Waals surface area contributed by atoms with Gasteiger partial charge in [0.25, 0.3) is 0 Å². The molecule has 0 radical (unpaired) electrons. The fourth-order valence-electron chi connectivity index (χ4n) is 5.79. The molecule has 3 nitrogen and oxygen atoms in total. The van der Waals surface area contributed by atoms with Crippen LogP contribution in [-0.2, 0) is 4.84 Å². The molecule has 0 aromatic heterocycles. The van der Waals surface area contributed by atoms with Gasteiger partial charge in [0.1, 0.15) is 5.60 Å². The fraction of sp³-hybridized carbons (Fsp3) is 0.684. The first kappa shape index (κ1) is 14.7. The van der Waals surface area contributed by atoms with Gasteiger partial charge in [-0.15, -0.1) is 0 Å². The minimum atomic E-state index is 0.0615. The highest BCUT2D eigenvalue weighted by molar-refractivity contribution is 5.27. The molecule has 3 fully saturated rings. The quantitative estimate of drug-likeness (QED) is 0.848. The van der Waals surface area contributed by atoms with E-state index in [2.05, 4.69) is 61.2 Å². The highest BCUT2D eigenvalue weighted by atomic mass is 16.7. The minimum absolute atomic E-state index is 0.0615. The highest BCUT2D eigenvalue weighted by Crippen LogP contribution is 2.60. The maximum absolute atomic E-state index is 6.62. The van der Waals surface area contributed by atoms with Gasteiger partial charge in [-0.3, -0.25) is 9.74 Å². The van der Waals surface area contributed by atoms with E-state index in [1.54, 1.807) is 0 Å². The van der Waals surface area contributed by atoms with Gasteiger partial charge in [-0.25, -0.2) is 0 Å². The second-order valence-electron chi connectivity index (χ2n) is 7.19. The second kappa shape index (κ2) is 5.33. The van der Waals surface area contributed by atoms with E-state index in [9.17, 15) is 0 Å². The first-order chi connectivity index (χ1) is 10.7. The lowest BCUT2D eigenvalue weighted by Gasteiger charge is -2.33. The largest absolute Gasteiger partial charge is 0.294 e. The summed E-state index contributed by atoms with van der Waals surface area (Å²) in [5.41, 5.74) is 1.47. The van der Waals surface area contributed by atoms with Crippen LogP contribution in [0.2, 0.25) is 0 Å². The van der Waals surface area contributed by atoms with Crippen molar-refractivity contribution in [2.45, 2.75) is 63.3 Å². The lowest BCUT2D eigenvalue weighted by molar-refractivity contribution is -0.199. The summed E-state index contributed by atoms with van der Waals surface area (Å²) in [4.78, 5) is 9.37. The topological polar surface area (TPSA) is 15.7 Å². The molecule has 2 heterocycles. The summed E-state index contributed by atoms with van der Waals surface area (Å²) < 4.78 is 0. The molecule has 1 aromatic rings. The van der Waals surface area contributed by atoms with Crippen molar-refractivity contribution in [1.82, 2.24) is 9.96 Å². The number of likely N-dealkylation sites (N-methyl/N-ethyl adjacent to an activating group) is 1. The van der Waals surface area contributed by atoms with Crippen LogP contribution in [0.4, 0.5) is 0 Å². The molecular formula is C19H28N2O. The predicted molar refractivity (Wildman–Crippen MR) is 88.4 cm³/mol. The van der Waals surface area contributed by atoms with Gasteiger partial charge in [-0.05, 0) is 37.8 Å². The van der Waals surface area contributed by atoms with Crippen LogP contribution < -0.4 is 0 Å². The van der Waals surface area contributed by atoms with Gasteiger partial charge in [-0.2, -0.15) is 5.06 Å². The summed E-state index contributed by atoms with van der Waals surface area (Å²) in [7, 11) is 2.14. The van der Waals surface area contributed by atoms with Crippen LogP contribution in [0.3, 0.4) is 0 Å². The maximum Gasteiger partial charge on any atom is 0.112 e. The van der Waals surface area contributed by atoms with Gasteiger partial charge in [0, 0.05) is 25.0 Å². The Hall–Kier alpha value is -0.900. The first-order valence-electron chi connectivity index (χ1n) is 8.95. The molecular weight excluding hydrogens is 272 g/mol. The molecule has 120 valence electrons. The van der Waals surface area contributed by atoms with E-state index in [1.807, 2.05) is 0 Å². The number of hydrogen-bond donors (Lipinski definition) is 0. The normalized spacial score (nSPS) is 41.8. The number of hydrogen-bond acceptors (Lipinski definition) is 3. The molecule has 1 aliphatic carbocycles. The van der Waals surface area contributed by atoms with Crippen molar-refractivity contribution in [1.29, 1.82) is 0 Å². The predicted octanol–water partition coefficient (Wildman–Crippen LogP) is 3.63. The van der Waals surface area contributed by atoms with Gasteiger partial charge in [0.05, 0.1) is 6.04 Å². The van der Waals surface area contributed by atoms with Crippen molar-refractivity contribution in [3.05, 3.63) is 35.9 Å². The summed E-state index contributed by atoms with van der Waals surface area (Å²) in [6, 6.07) is 12.6. The van der Waals surface area contributed by atoms with Crippen LogP contribution in [0.15, 0.2) is 30.3 Å². The Morgan fingerprint density at radius 3 is 2.68 bits per heavy atom. The average Bonchev–Trinajstić information content (AvgIpc) is 3.13. The Balaban J connectivity index is 1.79. The van der Waals surface area contributed by atoms with Crippen molar-refractivity contribution in [2.24, 2.45) is 5.92 Å². The van der Waals surface area contributed by atoms with Gasteiger partial charge >= 0.3 is 0 Å². The molecule has 1 spiro atoms. The minimum Gasteiger partial charge on any atom is -0.294 e. The number of hydroxylamine groups is 2. The fourth-order valence-corrected chi connectivity index (χ4v) is 5.79. The van der Waals surface area contributed by atoms with Crippen LogP contribution >= 0.6 is 0 Å². The number of rotatable bonds is 3. The van der Waals surface area contributed by atoms with E-state index in [-0.39, 0.29) is 5.60 Å². The Morgan fingerprint density at radius 2 is 2.00 bits per heavy atom. The Labute approximate surface area is 134 Å². The van der Waals surface area contributed by atoms with Crippen molar-refractivity contribution in [2.75, 3.05) is 13.6 Å². The van der Waals surface area contributed by atoms with E-state index in [0.717, 1.165) is 6.54 Å². The van der Waals surface area contributed by atoms with Gasteiger partial charge in [0.2, 0.25) is 0 Å². The first-order valence-corrected chi connectivity index (χ1v) is 8.95. The molecule has 0 amide bonds. The molecule has 4 rings (SSSR count). The molecule has 3 aliphatic rings. The lowest BCUT2D eigenvalue weighted by Crippen LogP contribution is -2.43. The van der Waals surface area contributed by atoms with Crippen LogP contribution in [0.25, 0.3) is 0 Å². The third-order valence-electron chi connectivity index (χ3n) is 6.38. The zero-order valence-electron chi connectivity index (χ0n) is 14.0. The van der Waals surface area contributed by atoms with Gasteiger partial charge < -0.3 is 0 Å². The number of likely N-dealkylation sites (tertiary alicyclic amines) is 1. The van der Waals surface area contributed by atoms with Crippen molar-refractivity contribution >= 4 is 0 Å². The smallest absolute Gasteiger partial charge is 0.112 e. The maximum atomic E-state index is 6.62. The summed E-state index contributed by atoms with van der Waals surface area (Å²) in [6.07, 6.45) is 5.06. The summed E-state index contributed by atoms with van der Waals surface area (Å²) in [6.45, 7) is 5.81. The van der Waals surface area contributed by atoms with E-state index in [1.165, 1.54) is 31.2 Å². The highest BCUT2D eigenvalue weighted by Gasteiger charge is 2.68. The van der Waals surface area contributed by atoms with E-state index < -0.39 is 0 Å². The third-order valence-corrected chi connectivity index (χ3v) is 6.38. The molecule has 1 aromatic carbocycles. The molecule has 5 atom stereocenters. The van der Waals surface area contributed by atoms with Crippen LogP contribution in [-0.4, -0.2) is 41.2 Å². The molecule has 5 unspecified atom stereocenters. The van der Waals surface area contributed by atoms with Crippen LogP contribution in [0.1, 0.15) is 51.1 Å². The van der Waals surface area contributed by atoms with Gasteiger partial charge in [-0.1, -0.05) is 44.2 Å². The van der Waals surface area contributed by atoms with Crippen molar-refractivity contribution in [3.8, 4) is 0 Å². The Morgan fingerprint density at radius 1 is 1.23 bits per heavy atom. The Bertz CT molecular complexity index is 533. The van der Waals surface area contributed by atoms with Crippen LogP contribution in [0, 0.1) is 5.92 Å². The van der Waals surface area contributed by atoms with E-state index in [4.69, 9.17) is 4.84 Å². The molecule has 2 saturated heterocycles. The van der Waals surface area contributed by atoms with E-state index in [0.29, 0.717) is 24.0 Å². The molecule has 0 bridgehead atoms. The lowest BCUT2D eigenvalue weighted by atomic mass is 9.76. The van der Waals surface area contributed by atoms with Crippen molar-refractivity contribution in [3.63, 3.8) is 0 Å². The van der Waals surface area contributed by atoms with Gasteiger partial charge in [0.15, 0.2) is 0 Å². The Kier molecular flexibility index (Phi) is 3.55. The summed E-state index contributed by atoms with van der Waals surface area (Å²) >= 11 is 0. The third kappa shape index (κ3) is 1.79. The van der Waals surface area contributed by atoms with E-state index >= 15 is 0 Å². The molecule has 2 aliphatic heterocycles. The monoisotopic (exact) mass is 300 g/mol. The summed E-state index contributed by atoms with van der Waals surface area (Å²) in [5.74, 6) is 0.595. The zero-order valence-corrected chi connectivity index (χ0v) is 14.0. The second-order valence-corrected chi connectivity index (χ2v) is 7.19. The zero-order chi connectivity index (χ0) is 15.3.